The van der Waals surface area contributed by atoms with Gasteiger partial charge >= 0.3 is 0 Å². The Kier molecular flexibility index (Phi) is 4.46. The Balaban J connectivity index is 1.54. The van der Waals surface area contributed by atoms with Gasteiger partial charge in [-0.1, -0.05) is 12.1 Å². The van der Waals surface area contributed by atoms with Crippen molar-refractivity contribution in [2.45, 2.75) is 32.0 Å². The number of nitrogens with two attached hydrogens (primary N) is 1. The lowest BCUT2D eigenvalue weighted by Crippen LogP contribution is -2.52. The van der Waals surface area contributed by atoms with E-state index < -0.39 is 17.8 Å². The molecule has 2 heterocycles. The van der Waals surface area contributed by atoms with E-state index >= 15 is 0 Å². The summed E-state index contributed by atoms with van der Waals surface area (Å²) in [5.74, 6) is -1.41. The van der Waals surface area contributed by atoms with Gasteiger partial charge in [0.2, 0.25) is 11.8 Å². The number of benzene rings is 2. The minimum absolute atomic E-state index is 0.206. The minimum Gasteiger partial charge on any atom is -0.399 e. The Bertz CT molecular complexity index is 991. The number of fused-ring (bicyclic) bond motifs is 1. The molecular weight excluding hydrogens is 363 g/mol. The summed E-state index contributed by atoms with van der Waals surface area (Å²) in [7, 11) is 0. The van der Waals surface area contributed by atoms with Crippen LogP contribution in [0.25, 0.3) is 0 Å². The zero-order chi connectivity index (χ0) is 19.8. The van der Waals surface area contributed by atoms with Crippen molar-refractivity contribution in [2.24, 2.45) is 0 Å². The molecule has 28 heavy (non-hydrogen) atoms. The molecule has 0 aromatic heterocycles. The summed E-state index contributed by atoms with van der Waals surface area (Å²) in [4.78, 5) is 37.8. The zero-order valence-electron chi connectivity index (χ0n) is 15.0. The highest BCUT2D eigenvalue weighted by molar-refractivity contribution is 6.06. The average Bonchev–Trinajstić information content (AvgIpc) is 2.98. The van der Waals surface area contributed by atoms with Gasteiger partial charge in [-0.3, -0.25) is 19.7 Å². The van der Waals surface area contributed by atoms with Crippen molar-refractivity contribution in [3.63, 3.8) is 0 Å². The summed E-state index contributed by atoms with van der Waals surface area (Å²) in [6, 6.07) is 9.10. The molecule has 2 aromatic rings. The van der Waals surface area contributed by atoms with Gasteiger partial charge in [0.05, 0.1) is 0 Å². The molecule has 0 radical (unpaired) electrons. The number of piperidine rings is 1. The number of anilines is 2. The molecule has 0 aliphatic carbocycles. The van der Waals surface area contributed by atoms with Gasteiger partial charge in [-0.2, -0.15) is 0 Å². The van der Waals surface area contributed by atoms with Gasteiger partial charge in [-0.05, 0) is 30.7 Å². The van der Waals surface area contributed by atoms with Crippen LogP contribution in [0.1, 0.15) is 34.3 Å². The molecule has 7 nitrogen and oxygen atoms in total. The third-order valence-electron chi connectivity index (χ3n) is 5.13. The summed E-state index contributed by atoms with van der Waals surface area (Å²) in [6.07, 6.45) is 0.516. The summed E-state index contributed by atoms with van der Waals surface area (Å²) >= 11 is 0. The summed E-state index contributed by atoms with van der Waals surface area (Å²) in [5, 5.41) is 5.46. The van der Waals surface area contributed by atoms with E-state index in [9.17, 15) is 18.8 Å². The van der Waals surface area contributed by atoms with Crippen molar-refractivity contribution in [3.8, 4) is 0 Å². The van der Waals surface area contributed by atoms with Crippen molar-refractivity contribution in [1.82, 2.24) is 10.2 Å². The van der Waals surface area contributed by atoms with Crippen LogP contribution in [0, 0.1) is 5.82 Å². The second-order valence-corrected chi connectivity index (χ2v) is 6.94. The van der Waals surface area contributed by atoms with Crippen LogP contribution in [-0.2, 0) is 22.7 Å². The highest BCUT2D eigenvalue weighted by Crippen LogP contribution is 2.32. The Morgan fingerprint density at radius 1 is 1.21 bits per heavy atom. The largest absolute Gasteiger partial charge is 0.399 e. The first-order chi connectivity index (χ1) is 13.4. The predicted molar refractivity (Wildman–Crippen MR) is 101 cm³/mol. The molecule has 2 aliphatic rings. The number of hydrogen-bond donors (Lipinski definition) is 3. The first kappa shape index (κ1) is 18.0. The van der Waals surface area contributed by atoms with Crippen molar-refractivity contribution in [3.05, 3.63) is 58.9 Å². The monoisotopic (exact) mass is 382 g/mol. The van der Waals surface area contributed by atoms with Gasteiger partial charge in [0.1, 0.15) is 11.9 Å². The van der Waals surface area contributed by atoms with E-state index in [-0.39, 0.29) is 31.3 Å². The van der Waals surface area contributed by atoms with Crippen LogP contribution in [0.5, 0.6) is 0 Å². The second-order valence-electron chi connectivity index (χ2n) is 6.94. The molecule has 4 rings (SSSR count). The van der Waals surface area contributed by atoms with E-state index in [2.05, 4.69) is 10.6 Å². The molecule has 0 bridgehead atoms. The van der Waals surface area contributed by atoms with Crippen LogP contribution in [0.2, 0.25) is 0 Å². The van der Waals surface area contributed by atoms with Gasteiger partial charge < -0.3 is 16.0 Å². The van der Waals surface area contributed by atoms with Gasteiger partial charge in [0.25, 0.3) is 5.91 Å². The first-order valence-electron chi connectivity index (χ1n) is 8.98. The van der Waals surface area contributed by atoms with Gasteiger partial charge in [-0.25, -0.2) is 4.39 Å². The summed E-state index contributed by atoms with van der Waals surface area (Å²) in [5.41, 5.74) is 8.35. The van der Waals surface area contributed by atoms with Crippen molar-refractivity contribution in [2.75, 3.05) is 11.1 Å². The number of carbonyl (C=O) groups excluding carboxylic acids is 3. The smallest absolute Gasteiger partial charge is 0.255 e. The molecule has 1 atom stereocenters. The lowest BCUT2D eigenvalue weighted by Gasteiger charge is -2.29. The molecule has 4 N–H and O–H groups in total. The minimum atomic E-state index is -0.667. The topological polar surface area (TPSA) is 105 Å². The maximum atomic E-state index is 14.0. The molecule has 144 valence electrons. The first-order valence-corrected chi connectivity index (χ1v) is 8.98. The van der Waals surface area contributed by atoms with Gasteiger partial charge in [-0.15, -0.1) is 0 Å². The van der Waals surface area contributed by atoms with Gasteiger partial charge in [0, 0.05) is 47.6 Å². The van der Waals surface area contributed by atoms with E-state index in [4.69, 9.17) is 5.73 Å². The fraction of sp³-hybridized carbons (Fsp3) is 0.250. The van der Waals surface area contributed by atoms with Crippen molar-refractivity contribution < 1.29 is 18.8 Å². The normalized spacial score (nSPS) is 18.8. The number of amides is 3. The van der Waals surface area contributed by atoms with E-state index in [1.54, 1.807) is 24.3 Å². The predicted octanol–water partition coefficient (Wildman–Crippen LogP) is 1.78. The average molecular weight is 382 g/mol. The molecule has 8 heteroatoms. The number of halogens is 1. The number of nitrogen functional groups attached to an aromatic ring is 1. The Hall–Kier alpha value is -3.42. The third kappa shape index (κ3) is 3.17. The van der Waals surface area contributed by atoms with Crippen LogP contribution in [0.3, 0.4) is 0 Å². The van der Waals surface area contributed by atoms with E-state index in [1.165, 1.54) is 11.0 Å². The molecular formula is C20H19FN4O3. The second kappa shape index (κ2) is 6.95. The number of hydrogen-bond acceptors (Lipinski definition) is 5. The molecule has 1 fully saturated rings. The zero-order valence-corrected chi connectivity index (χ0v) is 15.0. The van der Waals surface area contributed by atoms with Crippen LogP contribution in [0.4, 0.5) is 15.8 Å². The molecule has 1 saturated heterocycles. The Labute approximate surface area is 160 Å². The Morgan fingerprint density at radius 2 is 2.04 bits per heavy atom. The lowest BCUT2D eigenvalue weighted by molar-refractivity contribution is -0.136. The standard InChI is InChI=1S/C20H19FN4O3/c21-15-8-12(22)5-4-11(15)9-23-16-3-1-2-13-14(16)10-25(20(13)28)17-6-7-18(26)24-19(17)27/h1-5,8,17,23H,6-7,9-10,22H2,(H,24,26,27)/t17-/m0/s1. The summed E-state index contributed by atoms with van der Waals surface area (Å²) in [6.45, 7) is 0.489. The maximum Gasteiger partial charge on any atom is 0.255 e. The lowest BCUT2D eigenvalue weighted by atomic mass is 10.0. The number of imide groups is 1. The molecule has 2 aliphatic heterocycles. The van der Waals surface area contributed by atoms with Crippen LogP contribution < -0.4 is 16.4 Å². The van der Waals surface area contributed by atoms with Crippen LogP contribution in [0.15, 0.2) is 36.4 Å². The van der Waals surface area contributed by atoms with E-state index in [1.807, 2.05) is 6.07 Å². The molecule has 0 unspecified atom stereocenters. The molecule has 0 saturated carbocycles. The number of rotatable bonds is 4. The van der Waals surface area contributed by atoms with E-state index in [0.717, 1.165) is 5.56 Å². The van der Waals surface area contributed by atoms with Crippen LogP contribution >= 0.6 is 0 Å². The highest BCUT2D eigenvalue weighted by Gasteiger charge is 2.39. The highest BCUT2D eigenvalue weighted by atomic mass is 19.1. The fourth-order valence-corrected chi connectivity index (χ4v) is 3.65. The maximum absolute atomic E-state index is 14.0. The molecule has 3 amide bonds. The number of carbonyl (C=O) groups is 3. The SMILES string of the molecule is Nc1ccc(CNc2cccc3c2CN([C@H]2CCC(=O)NC2=O)C3=O)c(F)c1. The summed E-state index contributed by atoms with van der Waals surface area (Å²) < 4.78 is 14.0. The number of nitrogens with one attached hydrogen (secondary N) is 2. The number of nitrogens with zero attached hydrogens (tertiary/aromatic N) is 1. The van der Waals surface area contributed by atoms with Crippen molar-refractivity contribution >= 4 is 29.1 Å². The quantitative estimate of drug-likeness (QED) is 0.552. The molecule has 0 spiro atoms. The van der Waals surface area contributed by atoms with Crippen molar-refractivity contribution in [1.29, 1.82) is 0 Å². The molecule has 2 aromatic carbocycles. The Morgan fingerprint density at radius 3 is 2.79 bits per heavy atom. The van der Waals surface area contributed by atoms with E-state index in [0.29, 0.717) is 28.9 Å². The van der Waals surface area contributed by atoms with Crippen LogP contribution in [-0.4, -0.2) is 28.7 Å². The van der Waals surface area contributed by atoms with Gasteiger partial charge in [0.15, 0.2) is 0 Å². The third-order valence-corrected chi connectivity index (χ3v) is 5.13. The fourth-order valence-electron chi connectivity index (χ4n) is 3.65.